The van der Waals surface area contributed by atoms with Crippen LogP contribution in [-0.4, -0.2) is 76.5 Å². The lowest BCUT2D eigenvalue weighted by Crippen LogP contribution is -2.33. The van der Waals surface area contributed by atoms with Gasteiger partial charge in [0.15, 0.2) is 5.82 Å². The molecule has 0 unspecified atom stereocenters. The topological polar surface area (TPSA) is 119 Å². The van der Waals surface area contributed by atoms with Crippen LogP contribution in [0.4, 0.5) is 23.1 Å². The fourth-order valence-corrected chi connectivity index (χ4v) is 6.66. The molecular formula is C33H36ClN8O3P. The van der Waals surface area contributed by atoms with Gasteiger partial charge in [-0.25, -0.2) is 9.97 Å². The molecule has 11 nitrogen and oxygen atoms in total. The minimum absolute atomic E-state index is 0.344. The molecule has 0 amide bonds. The quantitative estimate of drug-likeness (QED) is 0.135. The lowest BCUT2D eigenvalue weighted by atomic mass is 10.1. The van der Waals surface area contributed by atoms with Crippen molar-refractivity contribution in [3.8, 4) is 23.1 Å². The van der Waals surface area contributed by atoms with Crippen molar-refractivity contribution in [2.45, 2.75) is 19.3 Å². The van der Waals surface area contributed by atoms with E-state index in [4.69, 9.17) is 25.8 Å². The summed E-state index contributed by atoms with van der Waals surface area (Å²) in [4.78, 5) is 24.9. The zero-order chi connectivity index (χ0) is 31.9. The predicted molar refractivity (Wildman–Crippen MR) is 185 cm³/mol. The van der Waals surface area contributed by atoms with E-state index in [1.165, 1.54) is 19.3 Å². The van der Waals surface area contributed by atoms with Crippen molar-refractivity contribution >= 4 is 59.0 Å². The summed E-state index contributed by atoms with van der Waals surface area (Å²) in [5.41, 5.74) is 3.24. The summed E-state index contributed by atoms with van der Waals surface area (Å²) >= 11 is 6.54. The van der Waals surface area contributed by atoms with Gasteiger partial charge < -0.3 is 24.8 Å². The molecule has 13 heteroatoms. The standard InChI is InChI=1S/C33H36ClN8O3P/c1-43-28-19-22(45-23-11-12-36-29(20-23)44-18-17-42-15-5-4-6-16-42)7-8-25(28)40-33-38-21-24(34)32(41-33)39-27-10-9-26-30(31(27)46(2)3)37-14-13-35-26/h7-14,19-21H,4-6,15-18H2,1-3H3,(H2,38,39,40,41). The van der Waals surface area contributed by atoms with Crippen molar-refractivity contribution in [2.75, 3.05) is 57.3 Å². The second-order valence-corrected chi connectivity index (χ2v) is 13.6. The number of methoxy groups -OCH3 is 1. The van der Waals surface area contributed by atoms with Crippen LogP contribution < -0.4 is 30.1 Å². The number of hydrogen-bond acceptors (Lipinski definition) is 11. The Labute approximate surface area is 274 Å². The molecule has 1 fully saturated rings. The third kappa shape index (κ3) is 7.73. The van der Waals surface area contributed by atoms with Crippen molar-refractivity contribution < 1.29 is 14.2 Å². The number of nitrogens with zero attached hydrogens (tertiary/aromatic N) is 6. The van der Waals surface area contributed by atoms with Gasteiger partial charge in [-0.1, -0.05) is 25.9 Å². The molecule has 1 aliphatic heterocycles. The summed E-state index contributed by atoms with van der Waals surface area (Å²) in [6, 6.07) is 13.0. The Bertz CT molecular complexity index is 1810. The first-order valence-corrected chi connectivity index (χ1v) is 17.7. The third-order valence-electron chi connectivity index (χ3n) is 7.53. The molecule has 1 aliphatic rings. The SMILES string of the molecule is COc1cc(Oc2ccnc(OCCN3CCCCC3)c2)ccc1Nc1ncc(Cl)c(Nc2ccc3nccnc3c2P(C)C)n1. The Morgan fingerprint density at radius 2 is 1.67 bits per heavy atom. The van der Waals surface area contributed by atoms with Crippen LogP contribution in [0.3, 0.4) is 0 Å². The average molecular weight is 659 g/mol. The molecule has 4 heterocycles. The number of pyridine rings is 1. The molecule has 0 radical (unpaired) electrons. The Morgan fingerprint density at radius 1 is 0.870 bits per heavy atom. The highest BCUT2D eigenvalue weighted by molar-refractivity contribution is 7.65. The highest BCUT2D eigenvalue weighted by Crippen LogP contribution is 2.36. The Hall–Kier alpha value is -4.31. The predicted octanol–water partition coefficient (Wildman–Crippen LogP) is 6.99. The van der Waals surface area contributed by atoms with E-state index in [1.807, 2.05) is 24.3 Å². The minimum Gasteiger partial charge on any atom is -0.494 e. The first-order valence-electron chi connectivity index (χ1n) is 15.1. The van der Waals surface area contributed by atoms with Crippen molar-refractivity contribution in [2.24, 2.45) is 0 Å². The van der Waals surface area contributed by atoms with Crippen LogP contribution in [0.2, 0.25) is 5.02 Å². The lowest BCUT2D eigenvalue weighted by molar-refractivity contribution is 0.180. The zero-order valence-corrected chi connectivity index (χ0v) is 27.7. The number of aromatic nitrogens is 5. The van der Waals surface area contributed by atoms with E-state index >= 15 is 0 Å². The second-order valence-electron chi connectivity index (χ2n) is 11.0. The molecule has 238 valence electrons. The van der Waals surface area contributed by atoms with Gasteiger partial charge >= 0.3 is 0 Å². The maximum atomic E-state index is 6.54. The largest absolute Gasteiger partial charge is 0.494 e. The van der Waals surface area contributed by atoms with E-state index in [9.17, 15) is 0 Å². The van der Waals surface area contributed by atoms with Crippen LogP contribution >= 0.6 is 19.5 Å². The van der Waals surface area contributed by atoms with Gasteiger partial charge in [0.2, 0.25) is 11.8 Å². The molecule has 1 saturated heterocycles. The van der Waals surface area contributed by atoms with Gasteiger partial charge in [0.25, 0.3) is 0 Å². The number of hydrogen-bond donors (Lipinski definition) is 2. The molecule has 5 aromatic rings. The summed E-state index contributed by atoms with van der Waals surface area (Å²) in [6.07, 6.45) is 10.5. The van der Waals surface area contributed by atoms with Gasteiger partial charge in [-0.05, 0) is 69.6 Å². The van der Waals surface area contributed by atoms with Crippen LogP contribution in [0, 0.1) is 0 Å². The molecule has 0 aliphatic carbocycles. The van der Waals surface area contributed by atoms with E-state index in [1.54, 1.807) is 50.1 Å². The summed E-state index contributed by atoms with van der Waals surface area (Å²) in [6.45, 7) is 8.11. The second kappa shape index (κ2) is 14.9. The third-order valence-corrected chi connectivity index (χ3v) is 9.15. The number of piperidine rings is 1. The van der Waals surface area contributed by atoms with E-state index in [-0.39, 0.29) is 0 Å². The molecule has 46 heavy (non-hydrogen) atoms. The molecule has 0 atom stereocenters. The van der Waals surface area contributed by atoms with Crippen LogP contribution in [0.5, 0.6) is 23.1 Å². The fourth-order valence-electron chi connectivity index (χ4n) is 5.31. The lowest BCUT2D eigenvalue weighted by Gasteiger charge is -2.26. The molecule has 3 aromatic heterocycles. The number of fused-ring (bicyclic) bond motifs is 1. The van der Waals surface area contributed by atoms with Crippen molar-refractivity contribution in [3.05, 3.63) is 72.3 Å². The average Bonchev–Trinajstić information content (AvgIpc) is 3.07. The maximum Gasteiger partial charge on any atom is 0.229 e. The van der Waals surface area contributed by atoms with Gasteiger partial charge in [-0.2, -0.15) is 4.98 Å². The normalized spacial score (nSPS) is 13.5. The summed E-state index contributed by atoms with van der Waals surface area (Å²) in [7, 11) is 1.08. The minimum atomic E-state index is -0.513. The van der Waals surface area contributed by atoms with Gasteiger partial charge in [0.1, 0.15) is 28.9 Å². The highest BCUT2D eigenvalue weighted by atomic mass is 35.5. The van der Waals surface area contributed by atoms with Crippen molar-refractivity contribution in [3.63, 3.8) is 0 Å². The molecule has 0 saturated carbocycles. The maximum absolute atomic E-state index is 6.54. The smallest absolute Gasteiger partial charge is 0.229 e. The van der Waals surface area contributed by atoms with Crippen LogP contribution in [0.1, 0.15) is 19.3 Å². The first kappa shape index (κ1) is 31.7. The number of ether oxygens (including phenoxy) is 3. The number of likely N-dealkylation sites (tertiary alicyclic amines) is 1. The zero-order valence-electron chi connectivity index (χ0n) is 26.0. The van der Waals surface area contributed by atoms with Crippen molar-refractivity contribution in [1.82, 2.24) is 29.8 Å². The van der Waals surface area contributed by atoms with E-state index in [0.717, 1.165) is 41.7 Å². The van der Waals surface area contributed by atoms with Gasteiger partial charge in [0.05, 0.1) is 30.0 Å². The highest BCUT2D eigenvalue weighted by Gasteiger charge is 2.16. The van der Waals surface area contributed by atoms with Crippen LogP contribution in [0.15, 0.2) is 67.3 Å². The van der Waals surface area contributed by atoms with E-state index < -0.39 is 7.92 Å². The fraction of sp³-hybridized carbons (Fsp3) is 0.303. The Kier molecular flexibility index (Phi) is 10.2. The summed E-state index contributed by atoms with van der Waals surface area (Å²) < 4.78 is 17.7. The molecule has 6 rings (SSSR count). The number of halogens is 1. The van der Waals surface area contributed by atoms with Gasteiger partial charge in [-0.3, -0.25) is 14.9 Å². The number of rotatable bonds is 12. The van der Waals surface area contributed by atoms with Crippen LogP contribution in [-0.2, 0) is 0 Å². The van der Waals surface area contributed by atoms with Crippen LogP contribution in [0.25, 0.3) is 11.0 Å². The van der Waals surface area contributed by atoms with E-state index in [2.05, 4.69) is 53.8 Å². The Morgan fingerprint density at radius 3 is 2.50 bits per heavy atom. The molecule has 0 bridgehead atoms. The Balaban J connectivity index is 1.14. The van der Waals surface area contributed by atoms with Crippen molar-refractivity contribution in [1.29, 1.82) is 0 Å². The molecular weight excluding hydrogens is 623 g/mol. The van der Waals surface area contributed by atoms with Gasteiger partial charge in [0, 0.05) is 48.3 Å². The summed E-state index contributed by atoms with van der Waals surface area (Å²) in [5, 5.41) is 8.11. The number of anilines is 4. The number of nitrogens with one attached hydrogen (secondary N) is 2. The van der Waals surface area contributed by atoms with E-state index in [0.29, 0.717) is 52.2 Å². The monoisotopic (exact) mass is 658 g/mol. The van der Waals surface area contributed by atoms with Gasteiger partial charge in [-0.15, -0.1) is 0 Å². The summed E-state index contributed by atoms with van der Waals surface area (Å²) in [5.74, 6) is 3.10. The molecule has 0 spiro atoms. The molecule has 2 aromatic carbocycles. The number of benzene rings is 2. The molecule has 2 N–H and O–H groups in total. The first-order chi connectivity index (χ1) is 22.5.